The normalized spacial score (nSPS) is 32.0. The molecule has 0 unspecified atom stereocenters. The van der Waals surface area contributed by atoms with Crippen LogP contribution in [0.25, 0.3) is 0 Å². The van der Waals surface area contributed by atoms with Crippen molar-refractivity contribution in [1.29, 1.82) is 0 Å². The maximum absolute atomic E-state index is 12.2. The Morgan fingerprint density at radius 2 is 2.25 bits per heavy atom. The van der Waals surface area contributed by atoms with Crippen molar-refractivity contribution in [3.05, 3.63) is 0 Å². The van der Waals surface area contributed by atoms with Crippen molar-refractivity contribution in [2.45, 2.75) is 64.6 Å². The van der Waals surface area contributed by atoms with Crippen LogP contribution < -0.4 is 5.32 Å². The molecular formula is C16H29NO3. The van der Waals surface area contributed by atoms with Gasteiger partial charge < -0.3 is 14.8 Å². The zero-order valence-electron chi connectivity index (χ0n) is 12.9. The van der Waals surface area contributed by atoms with Gasteiger partial charge in [-0.25, -0.2) is 0 Å². The van der Waals surface area contributed by atoms with Crippen molar-refractivity contribution < 1.29 is 14.3 Å². The second-order valence-corrected chi connectivity index (χ2v) is 6.40. The molecule has 2 rings (SSSR count). The van der Waals surface area contributed by atoms with Crippen molar-refractivity contribution in [2.24, 2.45) is 11.8 Å². The Kier molecular flexibility index (Phi) is 6.30. The van der Waals surface area contributed by atoms with E-state index in [2.05, 4.69) is 12.2 Å². The Bertz CT molecular complexity index is 302. The lowest BCUT2D eigenvalue weighted by molar-refractivity contribution is -0.139. The summed E-state index contributed by atoms with van der Waals surface area (Å²) in [6.45, 7) is 6.62. The van der Waals surface area contributed by atoms with E-state index in [1.807, 2.05) is 6.92 Å². The zero-order chi connectivity index (χ0) is 14.4. The topological polar surface area (TPSA) is 47.6 Å². The summed E-state index contributed by atoms with van der Waals surface area (Å²) in [5.41, 5.74) is 0. The summed E-state index contributed by atoms with van der Waals surface area (Å²) < 4.78 is 11.4. The Morgan fingerprint density at radius 3 is 2.90 bits per heavy atom. The quantitative estimate of drug-likeness (QED) is 0.815. The summed E-state index contributed by atoms with van der Waals surface area (Å²) in [6.07, 6.45) is 6.51. The molecule has 2 aliphatic rings. The first-order valence-corrected chi connectivity index (χ1v) is 8.20. The fourth-order valence-corrected chi connectivity index (χ4v) is 3.18. The van der Waals surface area contributed by atoms with Gasteiger partial charge in [-0.15, -0.1) is 0 Å². The van der Waals surface area contributed by atoms with E-state index in [0.717, 1.165) is 51.4 Å². The molecule has 0 aromatic carbocycles. The summed E-state index contributed by atoms with van der Waals surface area (Å²) >= 11 is 0. The van der Waals surface area contributed by atoms with E-state index in [4.69, 9.17) is 9.47 Å². The highest BCUT2D eigenvalue weighted by Gasteiger charge is 2.26. The molecule has 1 heterocycles. The first-order valence-electron chi connectivity index (χ1n) is 8.20. The minimum atomic E-state index is -0.285. The molecule has 0 aromatic rings. The monoisotopic (exact) mass is 283 g/mol. The van der Waals surface area contributed by atoms with E-state index >= 15 is 0 Å². The standard InChI is InChI=1S/C16H29NO3/c1-3-15(20-14-6-4-5-12(2)9-14)16(18)17-10-13-7-8-19-11-13/h12-15H,3-11H2,1-2H3,(H,17,18)/t12-,13+,14+,15-/m0/s1. The molecule has 0 aromatic heterocycles. The molecule has 20 heavy (non-hydrogen) atoms. The van der Waals surface area contributed by atoms with Gasteiger partial charge in [-0.05, 0) is 31.6 Å². The molecule has 4 nitrogen and oxygen atoms in total. The van der Waals surface area contributed by atoms with Gasteiger partial charge >= 0.3 is 0 Å². The third-order valence-electron chi connectivity index (χ3n) is 4.50. The Balaban J connectivity index is 1.73. The van der Waals surface area contributed by atoms with Gasteiger partial charge in [0.2, 0.25) is 5.91 Å². The van der Waals surface area contributed by atoms with Gasteiger partial charge in [0.05, 0.1) is 12.7 Å². The van der Waals surface area contributed by atoms with Crippen LogP contribution in [0.1, 0.15) is 52.4 Å². The molecule has 0 bridgehead atoms. The highest BCUT2D eigenvalue weighted by atomic mass is 16.5. The van der Waals surface area contributed by atoms with Gasteiger partial charge in [-0.1, -0.05) is 26.7 Å². The Hall–Kier alpha value is -0.610. The largest absolute Gasteiger partial charge is 0.381 e. The van der Waals surface area contributed by atoms with Crippen LogP contribution in [0, 0.1) is 11.8 Å². The molecule has 4 atom stereocenters. The van der Waals surface area contributed by atoms with Gasteiger partial charge in [-0.3, -0.25) is 4.79 Å². The van der Waals surface area contributed by atoms with Gasteiger partial charge in [0, 0.05) is 19.1 Å². The SMILES string of the molecule is CC[C@H](O[C@@H]1CCC[C@H](C)C1)C(=O)NC[C@H]1CCOC1. The number of rotatable bonds is 6. The summed E-state index contributed by atoms with van der Waals surface area (Å²) in [6, 6.07) is 0. The third-order valence-corrected chi connectivity index (χ3v) is 4.50. The van der Waals surface area contributed by atoms with Crippen LogP contribution in [0.2, 0.25) is 0 Å². The molecule has 4 heteroatoms. The molecule has 2 fully saturated rings. The van der Waals surface area contributed by atoms with E-state index in [1.54, 1.807) is 0 Å². The lowest BCUT2D eigenvalue weighted by Gasteiger charge is -2.30. The highest BCUT2D eigenvalue weighted by Crippen LogP contribution is 2.27. The maximum atomic E-state index is 12.2. The average Bonchev–Trinajstić information content (AvgIpc) is 2.95. The molecular weight excluding hydrogens is 254 g/mol. The van der Waals surface area contributed by atoms with Gasteiger partial charge in [0.25, 0.3) is 0 Å². The van der Waals surface area contributed by atoms with Crippen LogP contribution in [-0.4, -0.2) is 37.9 Å². The first-order chi connectivity index (χ1) is 9.69. The van der Waals surface area contributed by atoms with Crippen molar-refractivity contribution in [1.82, 2.24) is 5.32 Å². The number of carbonyl (C=O) groups is 1. The minimum Gasteiger partial charge on any atom is -0.381 e. The molecule has 1 saturated heterocycles. The number of hydrogen-bond acceptors (Lipinski definition) is 3. The van der Waals surface area contributed by atoms with Crippen LogP contribution >= 0.6 is 0 Å². The molecule has 116 valence electrons. The third kappa shape index (κ3) is 4.74. The van der Waals surface area contributed by atoms with Crippen LogP contribution in [0.15, 0.2) is 0 Å². The summed E-state index contributed by atoms with van der Waals surface area (Å²) in [5, 5.41) is 3.03. The average molecular weight is 283 g/mol. The van der Waals surface area contributed by atoms with E-state index < -0.39 is 0 Å². The predicted molar refractivity (Wildman–Crippen MR) is 78.5 cm³/mol. The molecule has 1 saturated carbocycles. The molecule has 1 aliphatic heterocycles. The predicted octanol–water partition coefficient (Wildman–Crippen LogP) is 2.51. The van der Waals surface area contributed by atoms with E-state index in [0.29, 0.717) is 5.92 Å². The van der Waals surface area contributed by atoms with Crippen molar-refractivity contribution in [3.63, 3.8) is 0 Å². The molecule has 1 amide bonds. The minimum absolute atomic E-state index is 0.0534. The Labute approximate surface area is 122 Å². The van der Waals surface area contributed by atoms with Crippen LogP contribution in [0.5, 0.6) is 0 Å². The number of nitrogens with one attached hydrogen (secondary N) is 1. The van der Waals surface area contributed by atoms with Crippen LogP contribution in [-0.2, 0) is 14.3 Å². The number of carbonyl (C=O) groups excluding carboxylic acids is 1. The molecule has 1 aliphatic carbocycles. The van der Waals surface area contributed by atoms with Crippen molar-refractivity contribution in [2.75, 3.05) is 19.8 Å². The van der Waals surface area contributed by atoms with Crippen LogP contribution in [0.4, 0.5) is 0 Å². The fraction of sp³-hybridized carbons (Fsp3) is 0.938. The van der Waals surface area contributed by atoms with E-state index in [-0.39, 0.29) is 18.1 Å². The van der Waals surface area contributed by atoms with Crippen molar-refractivity contribution >= 4 is 5.91 Å². The van der Waals surface area contributed by atoms with E-state index in [9.17, 15) is 4.79 Å². The second-order valence-electron chi connectivity index (χ2n) is 6.40. The fourth-order valence-electron chi connectivity index (χ4n) is 3.18. The second kappa shape index (κ2) is 7.99. The van der Waals surface area contributed by atoms with Crippen LogP contribution in [0.3, 0.4) is 0 Å². The maximum Gasteiger partial charge on any atom is 0.249 e. The number of hydrogen-bond donors (Lipinski definition) is 1. The molecule has 0 spiro atoms. The summed E-state index contributed by atoms with van der Waals surface area (Å²) in [4.78, 5) is 12.2. The van der Waals surface area contributed by atoms with Gasteiger partial charge in [0.15, 0.2) is 0 Å². The molecule has 0 radical (unpaired) electrons. The summed E-state index contributed by atoms with van der Waals surface area (Å²) in [5.74, 6) is 1.26. The van der Waals surface area contributed by atoms with Gasteiger partial charge in [0.1, 0.15) is 6.10 Å². The first kappa shape index (κ1) is 15.8. The van der Waals surface area contributed by atoms with Crippen molar-refractivity contribution in [3.8, 4) is 0 Å². The Morgan fingerprint density at radius 1 is 1.40 bits per heavy atom. The van der Waals surface area contributed by atoms with E-state index in [1.165, 1.54) is 12.8 Å². The lowest BCUT2D eigenvalue weighted by atomic mass is 9.88. The molecule has 1 N–H and O–H groups in total. The lowest BCUT2D eigenvalue weighted by Crippen LogP contribution is -2.41. The number of ether oxygens (including phenoxy) is 2. The zero-order valence-corrected chi connectivity index (χ0v) is 12.9. The summed E-state index contributed by atoms with van der Waals surface area (Å²) in [7, 11) is 0. The number of amides is 1. The van der Waals surface area contributed by atoms with Gasteiger partial charge in [-0.2, -0.15) is 0 Å². The highest BCUT2D eigenvalue weighted by molar-refractivity contribution is 5.80. The smallest absolute Gasteiger partial charge is 0.249 e.